The lowest BCUT2D eigenvalue weighted by atomic mass is 10.4. The first-order chi connectivity index (χ1) is 7.80. The van der Waals surface area contributed by atoms with Gasteiger partial charge in [0.25, 0.3) is 0 Å². The average Bonchev–Trinajstić information content (AvgIpc) is 2.81. The molecule has 0 aromatic heterocycles. The van der Waals surface area contributed by atoms with Crippen LogP contribution in [0, 0.1) is 0 Å². The van der Waals surface area contributed by atoms with Crippen molar-refractivity contribution < 1.29 is 0 Å². The Morgan fingerprint density at radius 2 is 1.31 bits per heavy atom. The summed E-state index contributed by atoms with van der Waals surface area (Å²) in [6.45, 7) is 16.5. The smallest absolute Gasteiger partial charge is 0.0506 e. The summed E-state index contributed by atoms with van der Waals surface area (Å²) in [5, 5.41) is 0. The highest BCUT2D eigenvalue weighted by atomic mass is 15.3. The van der Waals surface area contributed by atoms with Gasteiger partial charge in [-0.1, -0.05) is 20.8 Å². The Morgan fingerprint density at radius 1 is 0.812 bits per heavy atom. The van der Waals surface area contributed by atoms with E-state index in [1.54, 1.807) is 0 Å². The second kappa shape index (κ2) is 8.04. The van der Waals surface area contributed by atoms with Crippen molar-refractivity contribution in [1.29, 1.82) is 0 Å². The molecule has 1 aliphatic rings. The van der Waals surface area contributed by atoms with Crippen LogP contribution in [0.4, 0.5) is 0 Å². The minimum absolute atomic E-state index is 1.18. The van der Waals surface area contributed by atoms with E-state index in [9.17, 15) is 0 Å². The number of nitrogens with zero attached hydrogens (tertiary/aromatic N) is 3. The lowest BCUT2D eigenvalue weighted by molar-refractivity contribution is 0.141. The van der Waals surface area contributed by atoms with E-state index in [1.807, 2.05) is 0 Å². The van der Waals surface area contributed by atoms with Gasteiger partial charge in [-0.2, -0.15) is 0 Å². The lowest BCUT2D eigenvalue weighted by Gasteiger charge is -2.28. The maximum absolute atomic E-state index is 2.59. The fourth-order valence-corrected chi connectivity index (χ4v) is 2.36. The second-order valence-corrected chi connectivity index (χ2v) is 4.70. The van der Waals surface area contributed by atoms with Crippen LogP contribution in [0.5, 0.6) is 0 Å². The van der Waals surface area contributed by atoms with Crippen LogP contribution in [0.2, 0.25) is 0 Å². The maximum Gasteiger partial charge on any atom is 0.0506 e. The van der Waals surface area contributed by atoms with Crippen molar-refractivity contribution in [3.8, 4) is 0 Å². The van der Waals surface area contributed by atoms with Gasteiger partial charge in [0.05, 0.1) is 6.67 Å². The Labute approximate surface area is 101 Å². The SMILES string of the molecule is CCN(CC)CCN(CC)CN1CCCC1. The zero-order chi connectivity index (χ0) is 11.8. The number of hydrogen-bond acceptors (Lipinski definition) is 3. The third-order valence-corrected chi connectivity index (χ3v) is 3.67. The maximum atomic E-state index is 2.59. The molecule has 0 amide bonds. The van der Waals surface area contributed by atoms with E-state index in [-0.39, 0.29) is 0 Å². The molecule has 1 rings (SSSR count). The molecule has 0 radical (unpaired) electrons. The zero-order valence-corrected chi connectivity index (χ0v) is 11.4. The molecule has 0 aromatic rings. The summed E-state index contributed by atoms with van der Waals surface area (Å²) in [6.07, 6.45) is 2.79. The summed E-state index contributed by atoms with van der Waals surface area (Å²) < 4.78 is 0. The molecule has 0 bridgehead atoms. The van der Waals surface area contributed by atoms with Crippen LogP contribution in [0.1, 0.15) is 33.6 Å². The van der Waals surface area contributed by atoms with Crippen molar-refractivity contribution in [2.24, 2.45) is 0 Å². The molecule has 0 spiro atoms. The van der Waals surface area contributed by atoms with Gasteiger partial charge < -0.3 is 4.90 Å². The molecule has 3 nitrogen and oxygen atoms in total. The molecular weight excluding hydrogens is 198 g/mol. The molecule has 0 saturated carbocycles. The first kappa shape index (κ1) is 13.9. The summed E-state index contributed by atoms with van der Waals surface area (Å²) >= 11 is 0. The van der Waals surface area contributed by atoms with Gasteiger partial charge >= 0.3 is 0 Å². The van der Waals surface area contributed by atoms with E-state index >= 15 is 0 Å². The van der Waals surface area contributed by atoms with Crippen molar-refractivity contribution >= 4 is 0 Å². The Bertz CT molecular complexity index is 163. The highest BCUT2D eigenvalue weighted by Gasteiger charge is 2.14. The Kier molecular flexibility index (Phi) is 7.01. The van der Waals surface area contributed by atoms with E-state index in [4.69, 9.17) is 0 Å². The number of hydrogen-bond donors (Lipinski definition) is 0. The number of likely N-dealkylation sites (tertiary alicyclic amines) is 1. The molecule has 0 N–H and O–H groups in total. The quantitative estimate of drug-likeness (QED) is 0.625. The van der Waals surface area contributed by atoms with Crippen LogP contribution in [-0.4, -0.2) is 67.2 Å². The van der Waals surface area contributed by atoms with Crippen molar-refractivity contribution in [3.05, 3.63) is 0 Å². The summed E-state index contributed by atoms with van der Waals surface area (Å²) in [4.78, 5) is 7.67. The van der Waals surface area contributed by atoms with Crippen molar-refractivity contribution in [1.82, 2.24) is 14.7 Å². The van der Waals surface area contributed by atoms with Gasteiger partial charge in [-0.3, -0.25) is 9.80 Å². The van der Waals surface area contributed by atoms with Crippen molar-refractivity contribution in [2.45, 2.75) is 33.6 Å². The molecule has 0 unspecified atom stereocenters. The van der Waals surface area contributed by atoms with E-state index < -0.39 is 0 Å². The van der Waals surface area contributed by atoms with E-state index in [0.717, 1.165) is 0 Å². The first-order valence-corrected chi connectivity index (χ1v) is 6.97. The highest BCUT2D eigenvalue weighted by Crippen LogP contribution is 2.07. The molecule has 1 saturated heterocycles. The molecule has 0 aromatic carbocycles. The first-order valence-electron chi connectivity index (χ1n) is 6.97. The molecule has 16 heavy (non-hydrogen) atoms. The highest BCUT2D eigenvalue weighted by molar-refractivity contribution is 4.67. The predicted molar refractivity (Wildman–Crippen MR) is 70.7 cm³/mol. The minimum Gasteiger partial charge on any atom is -0.303 e. The lowest BCUT2D eigenvalue weighted by Crippen LogP contribution is -2.41. The van der Waals surface area contributed by atoms with Gasteiger partial charge in [-0.15, -0.1) is 0 Å². The fraction of sp³-hybridized carbons (Fsp3) is 1.00. The molecule has 0 atom stereocenters. The third-order valence-electron chi connectivity index (χ3n) is 3.67. The van der Waals surface area contributed by atoms with Crippen LogP contribution in [0.25, 0.3) is 0 Å². The van der Waals surface area contributed by atoms with Crippen molar-refractivity contribution in [3.63, 3.8) is 0 Å². The van der Waals surface area contributed by atoms with Gasteiger partial charge in [-0.05, 0) is 45.6 Å². The molecule has 96 valence electrons. The van der Waals surface area contributed by atoms with Crippen LogP contribution in [0.15, 0.2) is 0 Å². The Balaban J connectivity index is 2.19. The number of rotatable bonds is 8. The van der Waals surface area contributed by atoms with Gasteiger partial charge in [0.2, 0.25) is 0 Å². The molecule has 0 aliphatic carbocycles. The molecule has 1 heterocycles. The molecular formula is C13H29N3. The monoisotopic (exact) mass is 227 g/mol. The summed E-state index contributed by atoms with van der Waals surface area (Å²) in [7, 11) is 0. The Morgan fingerprint density at radius 3 is 1.81 bits per heavy atom. The minimum atomic E-state index is 1.18. The average molecular weight is 227 g/mol. The number of likely N-dealkylation sites (N-methyl/N-ethyl adjacent to an activating group) is 2. The summed E-state index contributed by atoms with van der Waals surface area (Å²) in [5.41, 5.74) is 0. The van der Waals surface area contributed by atoms with Crippen molar-refractivity contribution in [2.75, 3.05) is 52.5 Å². The van der Waals surface area contributed by atoms with Crippen LogP contribution in [0.3, 0.4) is 0 Å². The zero-order valence-electron chi connectivity index (χ0n) is 11.4. The second-order valence-electron chi connectivity index (χ2n) is 4.70. The van der Waals surface area contributed by atoms with Gasteiger partial charge in [0, 0.05) is 13.1 Å². The van der Waals surface area contributed by atoms with E-state index in [2.05, 4.69) is 35.5 Å². The topological polar surface area (TPSA) is 9.72 Å². The molecule has 1 fully saturated rings. The summed E-state index contributed by atoms with van der Waals surface area (Å²) in [6, 6.07) is 0. The normalized spacial score (nSPS) is 17.8. The molecule has 1 aliphatic heterocycles. The fourth-order valence-electron chi connectivity index (χ4n) is 2.36. The Hall–Kier alpha value is -0.120. The standard InChI is InChI=1S/C13H29N3/c1-4-14(5-2)11-12-15(6-3)13-16-9-7-8-10-16/h4-13H2,1-3H3. The van der Waals surface area contributed by atoms with E-state index in [1.165, 1.54) is 65.3 Å². The summed E-state index contributed by atoms with van der Waals surface area (Å²) in [5.74, 6) is 0. The van der Waals surface area contributed by atoms with Crippen LogP contribution >= 0.6 is 0 Å². The third kappa shape index (κ3) is 4.81. The predicted octanol–water partition coefficient (Wildman–Crippen LogP) is 1.70. The molecule has 3 heteroatoms. The van der Waals surface area contributed by atoms with Gasteiger partial charge in [0.1, 0.15) is 0 Å². The van der Waals surface area contributed by atoms with Gasteiger partial charge in [-0.25, -0.2) is 0 Å². The van der Waals surface area contributed by atoms with Crippen LogP contribution < -0.4 is 0 Å². The van der Waals surface area contributed by atoms with Crippen LogP contribution in [-0.2, 0) is 0 Å². The largest absolute Gasteiger partial charge is 0.303 e. The van der Waals surface area contributed by atoms with Gasteiger partial charge in [0.15, 0.2) is 0 Å². The van der Waals surface area contributed by atoms with E-state index in [0.29, 0.717) is 0 Å².